The third-order valence-corrected chi connectivity index (χ3v) is 4.94. The highest BCUT2D eigenvalue weighted by Gasteiger charge is 2.35. The van der Waals surface area contributed by atoms with E-state index in [2.05, 4.69) is 16.0 Å². The molecule has 2 heterocycles. The van der Waals surface area contributed by atoms with Crippen LogP contribution in [0.4, 0.5) is 5.82 Å². The van der Waals surface area contributed by atoms with Gasteiger partial charge >= 0.3 is 0 Å². The maximum atomic E-state index is 8.96. The van der Waals surface area contributed by atoms with Gasteiger partial charge in [-0.1, -0.05) is 19.3 Å². The molecule has 1 spiro atoms. The molecule has 3 nitrogen and oxygen atoms in total. The molecule has 0 unspecified atom stereocenters. The van der Waals surface area contributed by atoms with Gasteiger partial charge in [0.1, 0.15) is 5.82 Å². The van der Waals surface area contributed by atoms with Crippen LogP contribution in [0.1, 0.15) is 50.5 Å². The highest BCUT2D eigenvalue weighted by Crippen LogP contribution is 2.44. The summed E-state index contributed by atoms with van der Waals surface area (Å²) in [5, 5.41) is 8.96. The summed E-state index contributed by atoms with van der Waals surface area (Å²) in [4.78, 5) is 6.77. The quantitative estimate of drug-likeness (QED) is 0.771. The first-order chi connectivity index (χ1) is 9.31. The smallest absolute Gasteiger partial charge is 0.129 e. The Kier molecular flexibility index (Phi) is 3.42. The van der Waals surface area contributed by atoms with E-state index >= 15 is 0 Å². The van der Waals surface area contributed by atoms with Gasteiger partial charge in [0.25, 0.3) is 0 Å². The van der Waals surface area contributed by atoms with Crippen LogP contribution < -0.4 is 4.90 Å². The third kappa shape index (κ3) is 2.58. The van der Waals surface area contributed by atoms with Gasteiger partial charge in [0.2, 0.25) is 0 Å². The Hall–Kier alpha value is -1.56. The van der Waals surface area contributed by atoms with E-state index in [1.54, 1.807) is 12.3 Å². The fraction of sp³-hybridized carbons (Fsp3) is 0.625. The molecule has 2 aliphatic rings. The third-order valence-electron chi connectivity index (χ3n) is 4.94. The van der Waals surface area contributed by atoms with Crippen molar-refractivity contribution in [2.45, 2.75) is 44.9 Å². The van der Waals surface area contributed by atoms with E-state index in [0.29, 0.717) is 11.0 Å². The van der Waals surface area contributed by atoms with E-state index in [0.717, 1.165) is 18.9 Å². The zero-order valence-electron chi connectivity index (χ0n) is 11.4. The number of hydrogen-bond donors (Lipinski definition) is 0. The number of anilines is 1. The Balaban J connectivity index is 1.68. The SMILES string of the molecule is N#Cc1ccnc(N2CCC3(CCCCC3)CC2)c1. The molecule has 1 aliphatic carbocycles. The van der Waals surface area contributed by atoms with Crippen LogP contribution in [0.5, 0.6) is 0 Å². The van der Waals surface area contributed by atoms with Crippen LogP contribution >= 0.6 is 0 Å². The molecule has 1 saturated carbocycles. The Morgan fingerprint density at radius 3 is 2.53 bits per heavy atom. The summed E-state index contributed by atoms with van der Waals surface area (Å²) in [5.74, 6) is 0.977. The molecule has 0 amide bonds. The second kappa shape index (κ2) is 5.21. The van der Waals surface area contributed by atoms with E-state index < -0.39 is 0 Å². The van der Waals surface area contributed by atoms with E-state index in [1.165, 1.54) is 44.9 Å². The van der Waals surface area contributed by atoms with Crippen molar-refractivity contribution in [3.05, 3.63) is 23.9 Å². The van der Waals surface area contributed by atoms with Gasteiger partial charge in [0.15, 0.2) is 0 Å². The van der Waals surface area contributed by atoms with Crippen LogP contribution in [-0.2, 0) is 0 Å². The van der Waals surface area contributed by atoms with Gasteiger partial charge in [-0.2, -0.15) is 5.26 Å². The van der Waals surface area contributed by atoms with E-state index in [4.69, 9.17) is 5.26 Å². The summed E-state index contributed by atoms with van der Waals surface area (Å²) in [5.41, 5.74) is 1.34. The van der Waals surface area contributed by atoms with Gasteiger partial charge in [-0.05, 0) is 43.2 Å². The normalized spacial score (nSPS) is 22.2. The molecule has 19 heavy (non-hydrogen) atoms. The molecule has 0 atom stereocenters. The number of nitriles is 1. The molecule has 1 aromatic heterocycles. The van der Waals surface area contributed by atoms with Crippen LogP contribution in [-0.4, -0.2) is 18.1 Å². The lowest BCUT2D eigenvalue weighted by atomic mass is 9.68. The van der Waals surface area contributed by atoms with Crippen molar-refractivity contribution < 1.29 is 0 Å². The Morgan fingerprint density at radius 1 is 1.11 bits per heavy atom. The minimum atomic E-state index is 0.627. The van der Waals surface area contributed by atoms with Crippen molar-refractivity contribution >= 4 is 5.82 Å². The van der Waals surface area contributed by atoms with Crippen LogP contribution in [0.15, 0.2) is 18.3 Å². The number of nitrogens with zero attached hydrogens (tertiary/aromatic N) is 3. The molecule has 100 valence electrons. The largest absolute Gasteiger partial charge is 0.357 e. The number of piperidine rings is 1. The molecule has 1 saturated heterocycles. The lowest BCUT2D eigenvalue weighted by Crippen LogP contribution is -2.41. The van der Waals surface area contributed by atoms with Gasteiger partial charge in [0, 0.05) is 19.3 Å². The highest BCUT2D eigenvalue weighted by atomic mass is 15.2. The van der Waals surface area contributed by atoms with Crippen LogP contribution in [0.3, 0.4) is 0 Å². The molecule has 1 aromatic rings. The van der Waals surface area contributed by atoms with E-state index in [-0.39, 0.29) is 0 Å². The fourth-order valence-electron chi connectivity index (χ4n) is 3.67. The predicted octanol–water partition coefficient (Wildman–Crippen LogP) is 3.50. The van der Waals surface area contributed by atoms with Crippen molar-refractivity contribution in [2.24, 2.45) is 5.41 Å². The predicted molar refractivity (Wildman–Crippen MR) is 75.9 cm³/mol. The molecule has 3 heteroatoms. The average molecular weight is 255 g/mol. The Morgan fingerprint density at radius 2 is 1.84 bits per heavy atom. The number of aromatic nitrogens is 1. The summed E-state index contributed by atoms with van der Waals surface area (Å²) in [6.07, 6.45) is 11.5. The van der Waals surface area contributed by atoms with Crippen molar-refractivity contribution in [1.82, 2.24) is 4.98 Å². The molecule has 2 fully saturated rings. The molecule has 0 N–H and O–H groups in total. The molecular formula is C16H21N3. The fourth-order valence-corrected chi connectivity index (χ4v) is 3.67. The molecular weight excluding hydrogens is 234 g/mol. The van der Waals surface area contributed by atoms with Crippen molar-refractivity contribution in [1.29, 1.82) is 5.26 Å². The highest BCUT2D eigenvalue weighted by molar-refractivity contribution is 5.45. The zero-order valence-corrected chi connectivity index (χ0v) is 11.4. The first-order valence-electron chi connectivity index (χ1n) is 7.43. The molecule has 0 aromatic carbocycles. The van der Waals surface area contributed by atoms with Gasteiger partial charge in [-0.3, -0.25) is 0 Å². The van der Waals surface area contributed by atoms with Crippen LogP contribution in [0, 0.1) is 16.7 Å². The topological polar surface area (TPSA) is 39.9 Å². The minimum Gasteiger partial charge on any atom is -0.357 e. The Bertz CT molecular complexity index is 473. The van der Waals surface area contributed by atoms with Gasteiger partial charge in [-0.15, -0.1) is 0 Å². The van der Waals surface area contributed by atoms with Crippen molar-refractivity contribution in [2.75, 3.05) is 18.0 Å². The maximum Gasteiger partial charge on any atom is 0.129 e. The first kappa shape index (κ1) is 12.5. The minimum absolute atomic E-state index is 0.627. The van der Waals surface area contributed by atoms with Gasteiger partial charge < -0.3 is 4.90 Å². The molecule has 0 bridgehead atoms. The van der Waals surface area contributed by atoms with Crippen molar-refractivity contribution in [3.63, 3.8) is 0 Å². The summed E-state index contributed by atoms with van der Waals surface area (Å²) >= 11 is 0. The summed E-state index contributed by atoms with van der Waals surface area (Å²) < 4.78 is 0. The number of pyridine rings is 1. The summed E-state index contributed by atoms with van der Waals surface area (Å²) in [6, 6.07) is 5.89. The Labute approximate surface area is 115 Å². The average Bonchev–Trinajstić information content (AvgIpc) is 2.49. The molecule has 3 rings (SSSR count). The summed E-state index contributed by atoms with van der Waals surface area (Å²) in [7, 11) is 0. The van der Waals surface area contributed by atoms with Crippen LogP contribution in [0.2, 0.25) is 0 Å². The van der Waals surface area contributed by atoms with Crippen LogP contribution in [0.25, 0.3) is 0 Å². The van der Waals surface area contributed by atoms with E-state index in [9.17, 15) is 0 Å². The molecule has 0 radical (unpaired) electrons. The zero-order chi connectivity index (χ0) is 13.1. The second-order valence-electron chi connectivity index (χ2n) is 6.06. The lowest BCUT2D eigenvalue weighted by Gasteiger charge is -2.44. The van der Waals surface area contributed by atoms with Gasteiger partial charge in [-0.25, -0.2) is 4.98 Å². The first-order valence-corrected chi connectivity index (χ1v) is 7.43. The standard InChI is InChI=1S/C16H21N3/c17-13-14-4-9-18-15(12-14)19-10-7-16(8-11-19)5-2-1-3-6-16/h4,9,12H,1-3,5-8,10-11H2. The van der Waals surface area contributed by atoms with E-state index in [1.807, 2.05) is 6.07 Å². The summed E-state index contributed by atoms with van der Waals surface area (Å²) in [6.45, 7) is 2.20. The number of rotatable bonds is 1. The lowest BCUT2D eigenvalue weighted by molar-refractivity contribution is 0.144. The van der Waals surface area contributed by atoms with Crippen molar-refractivity contribution in [3.8, 4) is 6.07 Å². The molecule has 1 aliphatic heterocycles. The maximum absolute atomic E-state index is 8.96. The monoisotopic (exact) mass is 255 g/mol. The van der Waals surface area contributed by atoms with Gasteiger partial charge in [0.05, 0.1) is 11.6 Å². The second-order valence-corrected chi connectivity index (χ2v) is 6.06. The number of hydrogen-bond acceptors (Lipinski definition) is 3.